The number of anilines is 1. The molecular weight excluding hydrogens is 382 g/mol. The molecule has 0 aromatic heterocycles. The lowest BCUT2D eigenvalue weighted by Crippen LogP contribution is -2.56. The Morgan fingerprint density at radius 1 is 1.07 bits per heavy atom. The summed E-state index contributed by atoms with van der Waals surface area (Å²) < 4.78 is 0. The van der Waals surface area contributed by atoms with Gasteiger partial charge >= 0.3 is 0 Å². The average Bonchev–Trinajstić information content (AvgIpc) is 3.46. The van der Waals surface area contributed by atoms with Gasteiger partial charge in [0.25, 0.3) is 5.91 Å². The maximum Gasteiger partial charge on any atom is 0.270 e. The van der Waals surface area contributed by atoms with E-state index in [1.165, 1.54) is 6.92 Å². The number of nitrogens with one attached hydrogen (secondary N) is 1. The second-order valence-corrected chi connectivity index (χ2v) is 8.34. The van der Waals surface area contributed by atoms with Crippen LogP contribution in [0.25, 0.3) is 0 Å². The minimum atomic E-state index is -0.446. The second kappa shape index (κ2) is 8.55. The molecule has 4 rings (SSSR count). The maximum atomic E-state index is 13.1. The van der Waals surface area contributed by atoms with E-state index in [9.17, 15) is 14.4 Å². The van der Waals surface area contributed by atoms with Crippen LogP contribution >= 0.6 is 0 Å². The summed E-state index contributed by atoms with van der Waals surface area (Å²) in [7, 11) is 0. The zero-order chi connectivity index (χ0) is 21.3. The van der Waals surface area contributed by atoms with Gasteiger partial charge in [0, 0.05) is 38.6 Å². The topological polar surface area (TPSA) is 85.3 Å². The number of carbonyl (C=O) groups excluding carboxylic acids is 3. The number of benzene rings is 1. The van der Waals surface area contributed by atoms with Crippen LogP contribution in [0.5, 0.6) is 0 Å². The Hall–Kier alpha value is -2.74. The van der Waals surface area contributed by atoms with E-state index in [1.807, 2.05) is 37.3 Å². The molecule has 1 aliphatic carbocycles. The number of hydrogen-bond donors (Lipinski definition) is 1. The summed E-state index contributed by atoms with van der Waals surface area (Å²) in [6, 6.07) is 9.18. The van der Waals surface area contributed by atoms with Gasteiger partial charge in [0.1, 0.15) is 11.8 Å². The molecule has 0 spiro atoms. The van der Waals surface area contributed by atoms with E-state index in [4.69, 9.17) is 0 Å². The highest BCUT2D eigenvalue weighted by atomic mass is 16.2. The van der Waals surface area contributed by atoms with Crippen LogP contribution in [0.1, 0.15) is 33.1 Å². The molecule has 160 valence electrons. The number of carbonyl (C=O) groups is 3. The van der Waals surface area contributed by atoms with E-state index in [-0.39, 0.29) is 23.6 Å². The van der Waals surface area contributed by atoms with E-state index in [2.05, 4.69) is 15.3 Å². The van der Waals surface area contributed by atoms with Gasteiger partial charge in [-0.15, -0.1) is 0 Å². The monoisotopic (exact) mass is 411 g/mol. The van der Waals surface area contributed by atoms with E-state index < -0.39 is 6.04 Å². The Bertz CT molecular complexity index is 844. The number of ketones is 1. The molecule has 2 atom stereocenters. The molecule has 1 saturated heterocycles. The van der Waals surface area contributed by atoms with Crippen LogP contribution in [0.4, 0.5) is 5.69 Å². The van der Waals surface area contributed by atoms with Gasteiger partial charge < -0.3 is 10.2 Å². The molecule has 2 heterocycles. The molecule has 30 heavy (non-hydrogen) atoms. The number of rotatable bonds is 6. The quantitative estimate of drug-likeness (QED) is 0.756. The van der Waals surface area contributed by atoms with Crippen molar-refractivity contribution in [2.75, 3.05) is 31.2 Å². The molecule has 0 bridgehead atoms. The van der Waals surface area contributed by atoms with Crippen molar-refractivity contribution >= 4 is 29.0 Å². The summed E-state index contributed by atoms with van der Waals surface area (Å²) in [5.41, 5.74) is 1.23. The van der Waals surface area contributed by atoms with Gasteiger partial charge in [0.15, 0.2) is 5.78 Å². The first-order chi connectivity index (χ1) is 14.4. The third kappa shape index (κ3) is 4.38. The first-order valence-corrected chi connectivity index (χ1v) is 10.7. The van der Waals surface area contributed by atoms with Crippen molar-refractivity contribution in [3.8, 4) is 0 Å². The van der Waals surface area contributed by atoms with Crippen LogP contribution in [-0.4, -0.2) is 77.4 Å². The Kier molecular flexibility index (Phi) is 5.85. The summed E-state index contributed by atoms with van der Waals surface area (Å²) in [4.78, 5) is 41.4. The third-order valence-electron chi connectivity index (χ3n) is 6.10. The number of para-hydroxylation sites is 1. The first-order valence-electron chi connectivity index (χ1n) is 10.7. The predicted molar refractivity (Wildman–Crippen MR) is 114 cm³/mol. The Morgan fingerprint density at radius 3 is 2.33 bits per heavy atom. The minimum Gasteiger partial charge on any atom is -0.352 e. The summed E-state index contributed by atoms with van der Waals surface area (Å²) in [5.74, 6) is -0.0552. The van der Waals surface area contributed by atoms with Crippen molar-refractivity contribution in [3.63, 3.8) is 0 Å². The lowest BCUT2D eigenvalue weighted by Gasteiger charge is -2.37. The lowest BCUT2D eigenvalue weighted by molar-refractivity contribution is -0.129. The summed E-state index contributed by atoms with van der Waals surface area (Å²) in [6.45, 7) is 5.86. The molecule has 2 unspecified atom stereocenters. The molecule has 3 aliphatic rings. The summed E-state index contributed by atoms with van der Waals surface area (Å²) in [6.07, 6.45) is 2.47. The molecule has 8 nitrogen and oxygen atoms in total. The van der Waals surface area contributed by atoms with Crippen LogP contribution in [-0.2, 0) is 14.4 Å². The van der Waals surface area contributed by atoms with Crippen molar-refractivity contribution in [2.24, 2.45) is 5.10 Å². The predicted octanol–water partition coefficient (Wildman–Crippen LogP) is 1.02. The molecule has 1 aromatic carbocycles. The van der Waals surface area contributed by atoms with Gasteiger partial charge in [-0.25, -0.2) is 0 Å². The number of amides is 2. The molecule has 2 aliphatic heterocycles. The summed E-state index contributed by atoms with van der Waals surface area (Å²) in [5, 5.41) is 9.23. The molecule has 1 N–H and O–H groups in total. The molecule has 1 aromatic rings. The largest absolute Gasteiger partial charge is 0.352 e. The zero-order valence-electron chi connectivity index (χ0n) is 17.6. The molecule has 0 radical (unpaired) electrons. The number of nitrogens with zero attached hydrogens (tertiary/aromatic N) is 4. The zero-order valence-corrected chi connectivity index (χ0v) is 17.6. The normalized spacial score (nSPS) is 23.1. The maximum absolute atomic E-state index is 13.1. The van der Waals surface area contributed by atoms with Gasteiger partial charge in [0.2, 0.25) is 5.91 Å². The van der Waals surface area contributed by atoms with Crippen LogP contribution in [0, 0.1) is 0 Å². The summed E-state index contributed by atoms with van der Waals surface area (Å²) >= 11 is 0. The van der Waals surface area contributed by atoms with E-state index in [0.29, 0.717) is 44.4 Å². The smallest absolute Gasteiger partial charge is 0.270 e. The minimum absolute atomic E-state index is 0.00859. The first kappa shape index (κ1) is 20.5. The fourth-order valence-corrected chi connectivity index (χ4v) is 3.98. The van der Waals surface area contributed by atoms with E-state index in [1.54, 1.807) is 9.91 Å². The third-order valence-corrected chi connectivity index (χ3v) is 6.10. The van der Waals surface area contributed by atoms with Gasteiger partial charge in [-0.2, -0.15) is 5.10 Å². The molecular formula is C22H29N5O3. The highest BCUT2D eigenvalue weighted by Gasteiger charge is 2.37. The highest BCUT2D eigenvalue weighted by molar-refractivity contribution is 6.40. The van der Waals surface area contributed by atoms with Crippen LogP contribution in [0.2, 0.25) is 0 Å². The second-order valence-electron chi connectivity index (χ2n) is 8.34. The molecule has 1 saturated carbocycles. The van der Waals surface area contributed by atoms with Crippen molar-refractivity contribution in [1.29, 1.82) is 0 Å². The SMILES string of the molecule is CC(=O)C1CC(C(=O)N2CCN(C(C)C(=O)NC3CC3)CC2)=NN1c1ccccc1. The Labute approximate surface area is 176 Å². The fraction of sp³-hybridized carbons (Fsp3) is 0.545. The fourth-order valence-electron chi connectivity index (χ4n) is 3.98. The van der Waals surface area contributed by atoms with Crippen molar-refractivity contribution in [1.82, 2.24) is 15.1 Å². The van der Waals surface area contributed by atoms with Gasteiger partial charge in [-0.3, -0.25) is 24.3 Å². The van der Waals surface area contributed by atoms with Gasteiger partial charge in [-0.05, 0) is 38.8 Å². The number of hydrazone groups is 1. The Balaban J connectivity index is 1.37. The highest BCUT2D eigenvalue weighted by Crippen LogP contribution is 2.26. The van der Waals surface area contributed by atoms with E-state index in [0.717, 1.165) is 18.5 Å². The molecule has 2 fully saturated rings. The van der Waals surface area contributed by atoms with Crippen LogP contribution < -0.4 is 10.3 Å². The number of Topliss-reactive ketones (excluding diaryl/α,β-unsaturated/α-hetero) is 1. The van der Waals surface area contributed by atoms with Crippen LogP contribution in [0.3, 0.4) is 0 Å². The van der Waals surface area contributed by atoms with Crippen molar-refractivity contribution in [3.05, 3.63) is 30.3 Å². The number of hydrogen-bond acceptors (Lipinski definition) is 6. The van der Waals surface area contributed by atoms with Crippen molar-refractivity contribution in [2.45, 2.75) is 51.2 Å². The van der Waals surface area contributed by atoms with Crippen LogP contribution in [0.15, 0.2) is 35.4 Å². The van der Waals surface area contributed by atoms with Gasteiger partial charge in [0.05, 0.1) is 11.7 Å². The Morgan fingerprint density at radius 2 is 1.73 bits per heavy atom. The van der Waals surface area contributed by atoms with Gasteiger partial charge in [-0.1, -0.05) is 18.2 Å². The number of piperazine rings is 1. The average molecular weight is 412 g/mol. The standard InChI is InChI=1S/C22H29N5O3/c1-15(21(29)23-17-8-9-17)25-10-12-26(13-11-25)22(30)19-14-20(16(2)28)27(24-19)18-6-4-3-5-7-18/h3-7,15,17,20H,8-14H2,1-2H3,(H,23,29). The lowest BCUT2D eigenvalue weighted by atomic mass is 10.1. The molecule has 2 amide bonds. The van der Waals surface area contributed by atoms with E-state index >= 15 is 0 Å². The van der Waals surface area contributed by atoms with Crippen molar-refractivity contribution < 1.29 is 14.4 Å². The molecule has 8 heteroatoms.